The molecule has 0 aromatic heterocycles. The van der Waals surface area contributed by atoms with E-state index >= 15 is 0 Å². The van der Waals surface area contributed by atoms with Crippen LogP contribution in [-0.2, 0) is 0 Å². The Bertz CT molecular complexity index is 191. The number of thiol groups is 1. The second-order valence-corrected chi connectivity index (χ2v) is 6.23. The average Bonchev–Trinajstić information content (AvgIpc) is 2.71. The molecule has 0 atom stereocenters. The Hall–Kier alpha value is 0.310. The van der Waals surface area contributed by atoms with E-state index in [0.29, 0.717) is 5.41 Å². The molecule has 2 rings (SSSR count). The van der Waals surface area contributed by atoms with Crippen molar-refractivity contribution in [1.82, 2.24) is 4.90 Å². The third-order valence-electron chi connectivity index (χ3n) is 4.51. The molecule has 0 radical (unpaired) electrons. The fraction of sp³-hybridized carbons (Fsp3) is 1.00. The molecule has 1 saturated heterocycles. The van der Waals surface area contributed by atoms with E-state index in [1.54, 1.807) is 0 Å². The summed E-state index contributed by atoms with van der Waals surface area (Å²) in [6.07, 6.45) is 12.9. The first-order valence-electron chi connectivity index (χ1n) is 7.18. The van der Waals surface area contributed by atoms with E-state index in [-0.39, 0.29) is 0 Å². The molecule has 0 bridgehead atoms. The van der Waals surface area contributed by atoms with Gasteiger partial charge < -0.3 is 4.90 Å². The second-order valence-electron chi connectivity index (χ2n) is 5.91. The molecule has 0 amide bonds. The van der Waals surface area contributed by atoms with Crippen LogP contribution in [0.5, 0.6) is 0 Å². The van der Waals surface area contributed by atoms with E-state index in [1.807, 2.05) is 0 Å². The Morgan fingerprint density at radius 2 is 1.38 bits per heavy atom. The zero-order valence-corrected chi connectivity index (χ0v) is 11.5. The van der Waals surface area contributed by atoms with E-state index in [0.717, 1.165) is 5.75 Å². The molecule has 1 saturated carbocycles. The van der Waals surface area contributed by atoms with Crippen LogP contribution >= 0.6 is 12.6 Å². The van der Waals surface area contributed by atoms with Crippen LogP contribution in [-0.4, -0.2) is 30.3 Å². The van der Waals surface area contributed by atoms with Gasteiger partial charge in [0.15, 0.2) is 0 Å². The van der Waals surface area contributed by atoms with Gasteiger partial charge >= 0.3 is 0 Å². The first-order valence-corrected chi connectivity index (χ1v) is 7.81. The van der Waals surface area contributed by atoms with Gasteiger partial charge in [-0.05, 0) is 49.9 Å². The van der Waals surface area contributed by atoms with Crippen LogP contribution in [0, 0.1) is 5.41 Å². The Kier molecular flexibility index (Phi) is 5.02. The lowest BCUT2D eigenvalue weighted by Gasteiger charge is -2.35. The Morgan fingerprint density at radius 1 is 0.812 bits per heavy atom. The highest BCUT2D eigenvalue weighted by atomic mass is 32.1. The van der Waals surface area contributed by atoms with E-state index < -0.39 is 0 Å². The molecule has 0 aromatic carbocycles. The summed E-state index contributed by atoms with van der Waals surface area (Å²) < 4.78 is 0. The van der Waals surface area contributed by atoms with Crippen molar-refractivity contribution in [3.8, 4) is 0 Å². The molecule has 1 aliphatic carbocycles. The Labute approximate surface area is 106 Å². The molecule has 0 N–H and O–H groups in total. The van der Waals surface area contributed by atoms with E-state index in [2.05, 4.69) is 17.5 Å². The van der Waals surface area contributed by atoms with Crippen molar-refractivity contribution >= 4 is 12.6 Å². The minimum Gasteiger partial charge on any atom is -0.303 e. The van der Waals surface area contributed by atoms with Gasteiger partial charge in [0, 0.05) is 6.54 Å². The van der Waals surface area contributed by atoms with Gasteiger partial charge in [0.05, 0.1) is 0 Å². The van der Waals surface area contributed by atoms with Crippen LogP contribution in [0.4, 0.5) is 0 Å². The van der Waals surface area contributed by atoms with Crippen LogP contribution in [0.15, 0.2) is 0 Å². The summed E-state index contributed by atoms with van der Waals surface area (Å²) in [6, 6.07) is 0. The molecule has 1 aliphatic heterocycles. The second kappa shape index (κ2) is 6.30. The largest absolute Gasteiger partial charge is 0.303 e. The Morgan fingerprint density at radius 3 is 1.94 bits per heavy atom. The lowest BCUT2D eigenvalue weighted by molar-refractivity contribution is 0.160. The summed E-state index contributed by atoms with van der Waals surface area (Å²) in [7, 11) is 0. The van der Waals surface area contributed by atoms with Gasteiger partial charge in [0.25, 0.3) is 0 Å². The minimum absolute atomic E-state index is 0.572. The van der Waals surface area contributed by atoms with Gasteiger partial charge in [-0.3, -0.25) is 0 Å². The highest BCUT2D eigenvalue weighted by Gasteiger charge is 2.34. The summed E-state index contributed by atoms with van der Waals surface area (Å²) in [5.74, 6) is 1.10. The third-order valence-corrected chi connectivity index (χ3v) is 5.18. The summed E-state index contributed by atoms with van der Waals surface area (Å²) in [5.41, 5.74) is 0.572. The van der Waals surface area contributed by atoms with Crippen LogP contribution in [0.25, 0.3) is 0 Å². The summed E-state index contributed by atoms with van der Waals surface area (Å²) in [5, 5.41) is 0. The average molecular weight is 241 g/mol. The maximum absolute atomic E-state index is 4.62. The van der Waals surface area contributed by atoms with Gasteiger partial charge in [-0.2, -0.15) is 12.6 Å². The van der Waals surface area contributed by atoms with Crippen LogP contribution in [0.1, 0.15) is 57.8 Å². The molecule has 16 heavy (non-hydrogen) atoms. The van der Waals surface area contributed by atoms with E-state index in [4.69, 9.17) is 0 Å². The maximum Gasteiger partial charge on any atom is 0.00458 e. The predicted molar refractivity (Wildman–Crippen MR) is 74.3 cm³/mol. The molecule has 94 valence electrons. The van der Waals surface area contributed by atoms with Crippen LogP contribution < -0.4 is 0 Å². The maximum atomic E-state index is 4.62. The van der Waals surface area contributed by atoms with Crippen molar-refractivity contribution in [3.05, 3.63) is 0 Å². The highest BCUT2D eigenvalue weighted by Crippen LogP contribution is 2.39. The van der Waals surface area contributed by atoms with Crippen molar-refractivity contribution in [3.63, 3.8) is 0 Å². The molecule has 0 unspecified atom stereocenters. The summed E-state index contributed by atoms with van der Waals surface area (Å²) in [4.78, 5) is 2.74. The van der Waals surface area contributed by atoms with Crippen molar-refractivity contribution in [1.29, 1.82) is 0 Å². The fourth-order valence-corrected chi connectivity index (χ4v) is 3.85. The summed E-state index contributed by atoms with van der Waals surface area (Å²) in [6.45, 7) is 4.02. The standard InChI is InChI=1S/C14H27NS/c16-13-14(8-4-5-9-14)12-15-10-6-2-1-3-7-11-15/h16H,1-13H2. The van der Waals surface area contributed by atoms with Crippen molar-refractivity contribution in [2.45, 2.75) is 57.8 Å². The zero-order chi connectivity index (χ0) is 11.3. The van der Waals surface area contributed by atoms with Gasteiger partial charge in [-0.15, -0.1) is 0 Å². The molecule has 0 spiro atoms. The summed E-state index contributed by atoms with van der Waals surface area (Å²) >= 11 is 4.62. The highest BCUT2D eigenvalue weighted by molar-refractivity contribution is 7.80. The van der Waals surface area contributed by atoms with Gasteiger partial charge in [-0.25, -0.2) is 0 Å². The molecular formula is C14H27NS. The molecule has 1 nitrogen and oxygen atoms in total. The lowest BCUT2D eigenvalue weighted by Crippen LogP contribution is -2.39. The van der Waals surface area contributed by atoms with Crippen LogP contribution in [0.2, 0.25) is 0 Å². The van der Waals surface area contributed by atoms with Gasteiger partial charge in [0.2, 0.25) is 0 Å². The first-order chi connectivity index (χ1) is 7.85. The quantitative estimate of drug-likeness (QED) is 0.737. The van der Waals surface area contributed by atoms with Crippen molar-refractivity contribution in [2.24, 2.45) is 5.41 Å². The normalized spacial score (nSPS) is 27.6. The molecule has 1 heterocycles. The molecule has 2 fully saturated rings. The first kappa shape index (κ1) is 12.8. The van der Waals surface area contributed by atoms with Crippen LogP contribution in [0.3, 0.4) is 0 Å². The Balaban J connectivity index is 1.85. The van der Waals surface area contributed by atoms with E-state index in [1.165, 1.54) is 77.4 Å². The molecule has 2 aliphatic rings. The molecular weight excluding hydrogens is 214 g/mol. The number of hydrogen-bond acceptors (Lipinski definition) is 2. The number of likely N-dealkylation sites (tertiary alicyclic amines) is 1. The third kappa shape index (κ3) is 3.40. The fourth-order valence-electron chi connectivity index (χ4n) is 3.44. The number of hydrogen-bond donors (Lipinski definition) is 1. The smallest absolute Gasteiger partial charge is 0.00458 e. The van der Waals surface area contributed by atoms with Gasteiger partial charge in [0.1, 0.15) is 0 Å². The van der Waals surface area contributed by atoms with Gasteiger partial charge in [-0.1, -0.05) is 32.1 Å². The topological polar surface area (TPSA) is 3.24 Å². The SMILES string of the molecule is SCC1(CN2CCCCCCC2)CCCC1. The minimum atomic E-state index is 0.572. The molecule has 2 heteroatoms. The number of nitrogens with zero attached hydrogens (tertiary/aromatic N) is 1. The molecule has 0 aromatic rings. The number of rotatable bonds is 3. The lowest BCUT2D eigenvalue weighted by atomic mass is 9.87. The zero-order valence-electron chi connectivity index (χ0n) is 10.6. The van der Waals surface area contributed by atoms with Crippen molar-refractivity contribution < 1.29 is 0 Å². The van der Waals surface area contributed by atoms with Crippen molar-refractivity contribution in [2.75, 3.05) is 25.4 Å². The predicted octanol–water partition coefficient (Wildman–Crippen LogP) is 3.74. The monoisotopic (exact) mass is 241 g/mol. The van der Waals surface area contributed by atoms with E-state index in [9.17, 15) is 0 Å².